The SMILES string of the molecule is CC[Si](CC)(CC)C(O)C=N. The Bertz CT molecular complexity index is 115. The van der Waals surface area contributed by atoms with E-state index >= 15 is 0 Å². The topological polar surface area (TPSA) is 44.1 Å². The van der Waals surface area contributed by atoms with Gasteiger partial charge in [0, 0.05) is 6.21 Å². The molecule has 0 spiro atoms. The number of aliphatic hydroxyl groups excluding tert-OH is 1. The van der Waals surface area contributed by atoms with Crippen LogP contribution < -0.4 is 0 Å². The highest BCUT2D eigenvalue weighted by Crippen LogP contribution is 2.23. The summed E-state index contributed by atoms with van der Waals surface area (Å²) in [6.07, 6.45) is 1.21. The van der Waals surface area contributed by atoms with Gasteiger partial charge in [-0.1, -0.05) is 38.9 Å². The van der Waals surface area contributed by atoms with Crippen LogP contribution >= 0.6 is 0 Å². The summed E-state index contributed by atoms with van der Waals surface area (Å²) in [6, 6.07) is 3.24. The van der Waals surface area contributed by atoms with Crippen molar-refractivity contribution in [2.45, 2.75) is 44.6 Å². The van der Waals surface area contributed by atoms with Crippen LogP contribution in [-0.4, -0.2) is 25.1 Å². The van der Waals surface area contributed by atoms with Gasteiger partial charge >= 0.3 is 0 Å². The molecule has 0 heterocycles. The predicted octanol–water partition coefficient (Wildman–Crippen LogP) is 2.04. The molecule has 0 saturated heterocycles. The summed E-state index contributed by atoms with van der Waals surface area (Å²) in [5.74, 6) is 0. The second kappa shape index (κ2) is 4.67. The third kappa shape index (κ3) is 2.14. The van der Waals surface area contributed by atoms with Crippen LogP contribution in [0.5, 0.6) is 0 Å². The third-order valence-corrected chi connectivity index (χ3v) is 8.54. The van der Waals surface area contributed by atoms with Gasteiger partial charge in [0.1, 0.15) is 0 Å². The molecule has 1 unspecified atom stereocenters. The number of hydrogen-bond acceptors (Lipinski definition) is 2. The van der Waals surface area contributed by atoms with Crippen molar-refractivity contribution in [1.29, 1.82) is 5.41 Å². The molecule has 0 amide bonds. The Hall–Kier alpha value is -0.153. The zero-order chi connectivity index (χ0) is 8.91. The molecule has 0 saturated carbocycles. The largest absolute Gasteiger partial charge is 0.391 e. The van der Waals surface area contributed by atoms with E-state index in [-0.39, 0.29) is 0 Å². The molecule has 0 rings (SSSR count). The number of rotatable bonds is 5. The van der Waals surface area contributed by atoms with Gasteiger partial charge < -0.3 is 10.5 Å². The van der Waals surface area contributed by atoms with Gasteiger partial charge in [-0.25, -0.2) is 0 Å². The van der Waals surface area contributed by atoms with Crippen molar-refractivity contribution in [3.8, 4) is 0 Å². The zero-order valence-corrected chi connectivity index (χ0v) is 8.72. The lowest BCUT2D eigenvalue weighted by Crippen LogP contribution is -2.46. The summed E-state index contributed by atoms with van der Waals surface area (Å²) < 4.78 is 0. The molecule has 11 heavy (non-hydrogen) atoms. The average molecular weight is 173 g/mol. The first-order chi connectivity index (χ1) is 5.16. The summed E-state index contributed by atoms with van der Waals surface area (Å²) >= 11 is 0. The molecule has 2 N–H and O–H groups in total. The summed E-state index contributed by atoms with van der Waals surface area (Å²) in [6.45, 7) is 6.39. The van der Waals surface area contributed by atoms with E-state index in [1.54, 1.807) is 0 Å². The summed E-state index contributed by atoms with van der Waals surface area (Å²) in [5.41, 5.74) is -0.428. The Labute approximate surface area is 70.2 Å². The molecular weight excluding hydrogens is 154 g/mol. The van der Waals surface area contributed by atoms with E-state index in [1.165, 1.54) is 6.21 Å². The van der Waals surface area contributed by atoms with Crippen LogP contribution in [0.4, 0.5) is 0 Å². The molecule has 0 aromatic heterocycles. The molecule has 0 radical (unpaired) electrons. The Morgan fingerprint density at radius 1 is 1.27 bits per heavy atom. The van der Waals surface area contributed by atoms with Crippen LogP contribution in [0.2, 0.25) is 18.1 Å². The van der Waals surface area contributed by atoms with Gasteiger partial charge in [0.2, 0.25) is 0 Å². The van der Waals surface area contributed by atoms with Gasteiger partial charge in [-0.2, -0.15) is 0 Å². The van der Waals surface area contributed by atoms with Crippen molar-refractivity contribution < 1.29 is 5.11 Å². The lowest BCUT2D eigenvalue weighted by molar-refractivity contribution is 0.308. The second-order valence-electron chi connectivity index (χ2n) is 3.03. The standard InChI is InChI=1S/C8H19NOSi/c1-4-11(5-2,6-3)8(10)7-9/h7-10H,4-6H2,1-3H3. The van der Waals surface area contributed by atoms with Gasteiger partial charge in [0.25, 0.3) is 0 Å². The van der Waals surface area contributed by atoms with Crippen molar-refractivity contribution in [1.82, 2.24) is 0 Å². The molecule has 3 heteroatoms. The highest BCUT2D eigenvalue weighted by molar-refractivity contribution is 6.82. The van der Waals surface area contributed by atoms with Gasteiger partial charge in [-0.15, -0.1) is 0 Å². The molecule has 2 nitrogen and oxygen atoms in total. The first kappa shape index (κ1) is 10.8. The molecule has 0 aliphatic carbocycles. The lowest BCUT2D eigenvalue weighted by Gasteiger charge is -2.30. The fourth-order valence-corrected chi connectivity index (χ4v) is 4.66. The average Bonchev–Trinajstić information content (AvgIpc) is 2.08. The minimum absolute atomic E-state index is 0.428. The second-order valence-corrected chi connectivity index (χ2v) is 8.47. The van der Waals surface area contributed by atoms with Crippen LogP contribution in [0.15, 0.2) is 0 Å². The van der Waals surface area contributed by atoms with E-state index in [9.17, 15) is 5.11 Å². The number of nitrogens with one attached hydrogen (secondary N) is 1. The van der Waals surface area contributed by atoms with Crippen LogP contribution in [0.1, 0.15) is 20.8 Å². The number of hydrogen-bond donors (Lipinski definition) is 2. The van der Waals surface area contributed by atoms with Crippen molar-refractivity contribution >= 4 is 14.3 Å². The summed E-state index contributed by atoms with van der Waals surface area (Å²) in [4.78, 5) is 0. The third-order valence-electron chi connectivity index (χ3n) is 2.90. The first-order valence-corrected chi connectivity index (χ1v) is 7.05. The fraction of sp³-hybridized carbons (Fsp3) is 0.875. The van der Waals surface area contributed by atoms with Gasteiger partial charge in [-0.3, -0.25) is 0 Å². The Morgan fingerprint density at radius 2 is 1.64 bits per heavy atom. The van der Waals surface area contributed by atoms with E-state index in [2.05, 4.69) is 20.8 Å². The smallest absolute Gasteiger partial charge is 0.0933 e. The Kier molecular flexibility index (Phi) is 4.60. The highest BCUT2D eigenvalue weighted by Gasteiger charge is 2.33. The van der Waals surface area contributed by atoms with Crippen molar-refractivity contribution in [2.75, 3.05) is 0 Å². The van der Waals surface area contributed by atoms with Gasteiger partial charge in [-0.05, 0) is 0 Å². The molecule has 0 aromatic carbocycles. The molecule has 0 aromatic rings. The molecular formula is C8H19NOSi. The summed E-state index contributed by atoms with van der Waals surface area (Å²) in [7, 11) is -1.51. The monoisotopic (exact) mass is 173 g/mol. The quantitative estimate of drug-likeness (QED) is 0.485. The minimum atomic E-state index is -1.51. The van der Waals surface area contributed by atoms with Crippen molar-refractivity contribution in [2.24, 2.45) is 0 Å². The Balaban J connectivity index is 4.38. The van der Waals surface area contributed by atoms with E-state index in [4.69, 9.17) is 5.41 Å². The fourth-order valence-electron chi connectivity index (χ4n) is 1.55. The van der Waals surface area contributed by atoms with Gasteiger partial charge in [0.15, 0.2) is 0 Å². The lowest BCUT2D eigenvalue weighted by atomic mass is 10.8. The molecule has 0 aliphatic rings. The first-order valence-electron chi connectivity index (χ1n) is 4.35. The minimum Gasteiger partial charge on any atom is -0.391 e. The maximum atomic E-state index is 9.59. The van der Waals surface area contributed by atoms with Crippen LogP contribution in [0, 0.1) is 5.41 Å². The van der Waals surface area contributed by atoms with Crippen LogP contribution in [0.25, 0.3) is 0 Å². The molecule has 66 valence electrons. The molecule has 0 aliphatic heterocycles. The van der Waals surface area contributed by atoms with E-state index in [0.717, 1.165) is 18.1 Å². The van der Waals surface area contributed by atoms with Crippen molar-refractivity contribution in [3.63, 3.8) is 0 Å². The molecule has 1 atom stereocenters. The van der Waals surface area contributed by atoms with E-state index in [1.807, 2.05) is 0 Å². The van der Waals surface area contributed by atoms with E-state index < -0.39 is 13.8 Å². The Morgan fingerprint density at radius 3 is 1.73 bits per heavy atom. The number of aliphatic hydroxyl groups is 1. The maximum Gasteiger partial charge on any atom is 0.0933 e. The maximum absolute atomic E-state index is 9.59. The van der Waals surface area contributed by atoms with Crippen LogP contribution in [-0.2, 0) is 0 Å². The van der Waals surface area contributed by atoms with Gasteiger partial charge in [0.05, 0.1) is 13.8 Å². The normalized spacial score (nSPS) is 14.5. The molecule has 0 fully saturated rings. The molecule has 0 bridgehead atoms. The van der Waals surface area contributed by atoms with E-state index in [0.29, 0.717) is 0 Å². The van der Waals surface area contributed by atoms with Crippen LogP contribution in [0.3, 0.4) is 0 Å². The summed E-state index contributed by atoms with van der Waals surface area (Å²) in [5, 5.41) is 16.6. The highest BCUT2D eigenvalue weighted by atomic mass is 28.3. The zero-order valence-electron chi connectivity index (χ0n) is 7.72. The van der Waals surface area contributed by atoms with Crippen molar-refractivity contribution in [3.05, 3.63) is 0 Å². The predicted molar refractivity (Wildman–Crippen MR) is 52.0 cm³/mol.